The van der Waals surface area contributed by atoms with E-state index in [9.17, 15) is 10.2 Å². The van der Waals surface area contributed by atoms with Crippen LogP contribution in [0.15, 0.2) is 0 Å². The van der Waals surface area contributed by atoms with Crippen molar-refractivity contribution < 1.29 is 10.2 Å². The summed E-state index contributed by atoms with van der Waals surface area (Å²) in [5.74, 6) is 3.21. The lowest BCUT2D eigenvalue weighted by molar-refractivity contribution is -0.133. The zero-order chi connectivity index (χ0) is 14.8. The van der Waals surface area contributed by atoms with Crippen molar-refractivity contribution in [2.45, 2.75) is 83.8 Å². The zero-order valence-corrected chi connectivity index (χ0v) is 13.7. The highest BCUT2D eigenvalue weighted by Crippen LogP contribution is 2.66. The van der Waals surface area contributed by atoms with Crippen LogP contribution in [0.4, 0.5) is 0 Å². The minimum Gasteiger partial charge on any atom is -0.393 e. The summed E-state index contributed by atoms with van der Waals surface area (Å²) >= 11 is 0. The van der Waals surface area contributed by atoms with E-state index in [0.717, 1.165) is 42.9 Å². The van der Waals surface area contributed by atoms with Gasteiger partial charge in [0.2, 0.25) is 0 Å². The van der Waals surface area contributed by atoms with Gasteiger partial charge in [-0.05, 0) is 92.3 Å². The van der Waals surface area contributed by atoms with Gasteiger partial charge in [-0.25, -0.2) is 0 Å². The van der Waals surface area contributed by atoms with Crippen LogP contribution in [0, 0.1) is 34.5 Å². The Morgan fingerprint density at radius 1 is 0.762 bits per heavy atom. The molecule has 4 aliphatic carbocycles. The lowest BCUT2D eigenvalue weighted by atomic mass is 9.45. The molecular formula is C19H32O2. The van der Waals surface area contributed by atoms with E-state index in [1.807, 2.05) is 0 Å². The van der Waals surface area contributed by atoms with Crippen molar-refractivity contribution in [3.8, 4) is 0 Å². The van der Waals surface area contributed by atoms with Crippen molar-refractivity contribution in [1.82, 2.24) is 0 Å². The maximum Gasteiger partial charge on any atom is 0.0596 e. The highest BCUT2D eigenvalue weighted by molar-refractivity contribution is 5.09. The van der Waals surface area contributed by atoms with Gasteiger partial charge in [0.05, 0.1) is 12.2 Å². The van der Waals surface area contributed by atoms with Gasteiger partial charge in [0, 0.05) is 0 Å². The molecule has 2 N–H and O–H groups in total. The average Bonchev–Trinajstić information content (AvgIpc) is 2.76. The molecule has 0 bridgehead atoms. The summed E-state index contributed by atoms with van der Waals surface area (Å²) in [6, 6.07) is 0. The predicted octanol–water partition coefficient (Wildman–Crippen LogP) is 3.75. The van der Waals surface area contributed by atoms with Gasteiger partial charge in [0.25, 0.3) is 0 Å². The number of hydrogen-bond acceptors (Lipinski definition) is 2. The summed E-state index contributed by atoms with van der Waals surface area (Å²) in [5, 5.41) is 20.5. The average molecular weight is 292 g/mol. The molecule has 8 atom stereocenters. The van der Waals surface area contributed by atoms with E-state index in [-0.39, 0.29) is 17.6 Å². The first-order chi connectivity index (χ1) is 9.95. The first kappa shape index (κ1) is 14.5. The van der Waals surface area contributed by atoms with Gasteiger partial charge in [0.15, 0.2) is 0 Å². The van der Waals surface area contributed by atoms with Crippen LogP contribution in [-0.4, -0.2) is 22.4 Å². The summed E-state index contributed by atoms with van der Waals surface area (Å²) < 4.78 is 0. The quantitative estimate of drug-likeness (QED) is 0.714. The van der Waals surface area contributed by atoms with Crippen LogP contribution in [-0.2, 0) is 0 Å². The highest BCUT2D eigenvalue weighted by atomic mass is 16.3. The molecule has 21 heavy (non-hydrogen) atoms. The molecule has 2 unspecified atom stereocenters. The fraction of sp³-hybridized carbons (Fsp3) is 1.00. The van der Waals surface area contributed by atoms with Gasteiger partial charge in [-0.15, -0.1) is 0 Å². The van der Waals surface area contributed by atoms with Crippen LogP contribution in [0.1, 0.15) is 71.6 Å². The van der Waals surface area contributed by atoms with E-state index in [2.05, 4.69) is 13.8 Å². The van der Waals surface area contributed by atoms with Crippen molar-refractivity contribution in [2.75, 3.05) is 0 Å². The van der Waals surface area contributed by atoms with E-state index in [0.29, 0.717) is 5.41 Å². The molecule has 2 nitrogen and oxygen atoms in total. The van der Waals surface area contributed by atoms with E-state index in [1.54, 1.807) is 0 Å². The van der Waals surface area contributed by atoms with E-state index < -0.39 is 0 Å². The van der Waals surface area contributed by atoms with Crippen molar-refractivity contribution in [2.24, 2.45) is 34.5 Å². The maximum absolute atomic E-state index is 10.5. The predicted molar refractivity (Wildman–Crippen MR) is 83.7 cm³/mol. The lowest BCUT2D eigenvalue weighted by Crippen LogP contribution is -2.54. The molecule has 0 amide bonds. The molecule has 2 heteroatoms. The van der Waals surface area contributed by atoms with Gasteiger partial charge in [0.1, 0.15) is 0 Å². The summed E-state index contributed by atoms with van der Waals surface area (Å²) in [6.07, 6.45) is 10.7. The molecule has 0 heterocycles. The Bertz CT molecular complexity index is 422. The standard InChI is InChI=1S/C19H32O2/c1-18-9-7-13(20)11-12(18)3-4-14-15-5-6-17(21)19(15,2)10-8-16(14)18/h12-17,20-21H,3-11H2,1-2H3/t12-,13+,14-,15-,16-,17-,18?,19?/m0/s1. The van der Waals surface area contributed by atoms with Crippen molar-refractivity contribution >= 4 is 0 Å². The van der Waals surface area contributed by atoms with Crippen LogP contribution in [0.25, 0.3) is 0 Å². The van der Waals surface area contributed by atoms with Gasteiger partial charge < -0.3 is 10.2 Å². The molecule has 4 rings (SSSR count). The number of rotatable bonds is 0. The highest BCUT2D eigenvalue weighted by Gasteiger charge is 2.59. The smallest absolute Gasteiger partial charge is 0.0596 e. The third-order valence-corrected chi connectivity index (χ3v) is 8.59. The minimum absolute atomic E-state index is 0.0400. The maximum atomic E-state index is 10.5. The van der Waals surface area contributed by atoms with Gasteiger partial charge in [-0.1, -0.05) is 13.8 Å². The molecule has 0 aromatic carbocycles. The summed E-state index contributed by atoms with van der Waals surface area (Å²) in [6.45, 7) is 4.90. The number of aliphatic hydroxyl groups excluding tert-OH is 2. The van der Waals surface area contributed by atoms with Crippen molar-refractivity contribution in [1.29, 1.82) is 0 Å². The van der Waals surface area contributed by atoms with Crippen LogP contribution in [0.2, 0.25) is 0 Å². The van der Waals surface area contributed by atoms with Gasteiger partial charge in [-0.2, -0.15) is 0 Å². The Labute approximate surface area is 129 Å². The van der Waals surface area contributed by atoms with E-state index >= 15 is 0 Å². The fourth-order valence-corrected chi connectivity index (χ4v) is 7.21. The Balaban J connectivity index is 1.62. The number of aliphatic hydroxyl groups is 2. The molecule has 4 aliphatic rings. The molecule has 4 saturated carbocycles. The molecule has 0 radical (unpaired) electrons. The molecule has 120 valence electrons. The Morgan fingerprint density at radius 2 is 1.48 bits per heavy atom. The molecular weight excluding hydrogens is 260 g/mol. The lowest BCUT2D eigenvalue weighted by Gasteiger charge is -2.60. The minimum atomic E-state index is -0.0536. The monoisotopic (exact) mass is 292 g/mol. The summed E-state index contributed by atoms with van der Waals surface area (Å²) in [5.41, 5.74) is 0.676. The van der Waals surface area contributed by atoms with Crippen molar-refractivity contribution in [3.05, 3.63) is 0 Å². The second-order valence-corrected chi connectivity index (χ2v) is 9.22. The van der Waals surface area contributed by atoms with Gasteiger partial charge >= 0.3 is 0 Å². The third kappa shape index (κ3) is 1.91. The number of hydrogen-bond donors (Lipinski definition) is 2. The topological polar surface area (TPSA) is 40.5 Å². The van der Waals surface area contributed by atoms with Crippen LogP contribution in [0.3, 0.4) is 0 Å². The SMILES string of the molecule is CC12CC[C@@H](O)C[C@@H]1CC[C@@H]1[C@@H]2CCC2(C)[C@@H](O)CC[C@@H]12. The largest absolute Gasteiger partial charge is 0.393 e. The molecule has 0 aromatic rings. The summed E-state index contributed by atoms with van der Waals surface area (Å²) in [4.78, 5) is 0. The van der Waals surface area contributed by atoms with E-state index in [1.165, 1.54) is 38.5 Å². The molecule has 0 aromatic heterocycles. The third-order valence-electron chi connectivity index (χ3n) is 8.59. The Kier molecular flexibility index (Phi) is 3.25. The van der Waals surface area contributed by atoms with Crippen LogP contribution < -0.4 is 0 Å². The van der Waals surface area contributed by atoms with Crippen LogP contribution in [0.5, 0.6) is 0 Å². The normalized spacial score (nSPS) is 60.0. The first-order valence-corrected chi connectivity index (χ1v) is 9.31. The molecule has 4 fully saturated rings. The van der Waals surface area contributed by atoms with Gasteiger partial charge in [-0.3, -0.25) is 0 Å². The summed E-state index contributed by atoms with van der Waals surface area (Å²) in [7, 11) is 0. The van der Waals surface area contributed by atoms with E-state index in [4.69, 9.17) is 0 Å². The number of fused-ring (bicyclic) bond motifs is 5. The second-order valence-electron chi connectivity index (χ2n) is 9.22. The Morgan fingerprint density at radius 3 is 2.29 bits per heavy atom. The van der Waals surface area contributed by atoms with Crippen LogP contribution >= 0.6 is 0 Å². The first-order valence-electron chi connectivity index (χ1n) is 9.31. The fourth-order valence-electron chi connectivity index (χ4n) is 7.21. The molecule has 0 spiro atoms. The second kappa shape index (κ2) is 4.71. The van der Waals surface area contributed by atoms with Crippen molar-refractivity contribution in [3.63, 3.8) is 0 Å². The molecule has 0 aliphatic heterocycles. The molecule has 0 saturated heterocycles. The zero-order valence-electron chi connectivity index (χ0n) is 13.7. The Hall–Kier alpha value is -0.0800.